The van der Waals surface area contributed by atoms with Crippen LogP contribution in [-0.4, -0.2) is 79.9 Å². The summed E-state index contributed by atoms with van der Waals surface area (Å²) in [6.07, 6.45) is 0. The Morgan fingerprint density at radius 2 is 1.70 bits per heavy atom. The van der Waals surface area contributed by atoms with Crippen molar-refractivity contribution in [3.05, 3.63) is 57.8 Å². The van der Waals surface area contributed by atoms with Crippen LogP contribution in [0.3, 0.4) is 0 Å². The zero-order valence-electron chi connectivity index (χ0n) is 24.0. The van der Waals surface area contributed by atoms with Crippen molar-refractivity contribution in [3.63, 3.8) is 0 Å². The van der Waals surface area contributed by atoms with Gasteiger partial charge in [0.1, 0.15) is 17.2 Å². The number of carbonyl (C=O) groups excluding carboxylic acids is 3. The lowest BCUT2D eigenvalue weighted by Crippen LogP contribution is -2.38. The van der Waals surface area contributed by atoms with Crippen molar-refractivity contribution in [2.75, 3.05) is 57.9 Å². The van der Waals surface area contributed by atoms with Crippen molar-refractivity contribution in [3.8, 4) is 5.75 Å². The van der Waals surface area contributed by atoms with Crippen LogP contribution in [0.25, 0.3) is 10.8 Å². The van der Waals surface area contributed by atoms with E-state index in [1.807, 2.05) is 44.2 Å². The van der Waals surface area contributed by atoms with E-state index in [1.54, 1.807) is 17.0 Å². The second kappa shape index (κ2) is 12.9. The molecule has 2 amide bonds. The largest absolute Gasteiger partial charge is 0.492 e. The van der Waals surface area contributed by atoms with Crippen molar-refractivity contribution < 1.29 is 23.9 Å². The predicted octanol–water partition coefficient (Wildman–Crippen LogP) is 5.21. The molecule has 0 unspecified atom stereocenters. The molecule has 1 saturated heterocycles. The number of amides is 2. The van der Waals surface area contributed by atoms with Gasteiger partial charge >= 0.3 is 0 Å². The number of Topliss-reactive ketones (excluding diaryl/α,β-unsaturated/α-hetero) is 1. The molecule has 40 heavy (non-hydrogen) atoms. The van der Waals surface area contributed by atoms with Crippen molar-refractivity contribution >= 4 is 45.4 Å². The fourth-order valence-corrected chi connectivity index (χ4v) is 5.81. The molecular weight excluding hydrogens is 526 g/mol. The van der Waals surface area contributed by atoms with Crippen LogP contribution < -0.4 is 10.1 Å². The normalized spacial score (nSPS) is 14.2. The third kappa shape index (κ3) is 6.71. The van der Waals surface area contributed by atoms with Gasteiger partial charge in [-0.05, 0) is 42.8 Å². The molecule has 9 heteroatoms. The summed E-state index contributed by atoms with van der Waals surface area (Å²) in [7, 11) is 0. The molecule has 2 heterocycles. The minimum absolute atomic E-state index is 0.155. The van der Waals surface area contributed by atoms with Crippen LogP contribution in [0.5, 0.6) is 5.75 Å². The maximum atomic E-state index is 13.5. The SMILES string of the molecule is CCN(CC)C(=O)c1sc(C(C)(C)C)cc1NC(=O)C(=O)c1ccc(OCCN2CCOCC2)c2ccccc12. The highest BCUT2D eigenvalue weighted by molar-refractivity contribution is 7.14. The number of ether oxygens (including phenoxy) is 2. The Labute approximate surface area is 240 Å². The number of ketones is 1. The minimum atomic E-state index is -0.780. The molecule has 0 bridgehead atoms. The lowest BCUT2D eigenvalue weighted by atomic mass is 9.94. The van der Waals surface area contributed by atoms with E-state index in [9.17, 15) is 14.4 Å². The van der Waals surface area contributed by atoms with Crippen LogP contribution in [0.1, 0.15) is 59.5 Å². The summed E-state index contributed by atoms with van der Waals surface area (Å²) in [6, 6.07) is 12.6. The summed E-state index contributed by atoms with van der Waals surface area (Å²) in [5, 5.41) is 4.18. The summed E-state index contributed by atoms with van der Waals surface area (Å²) in [4.78, 5) is 45.4. The van der Waals surface area contributed by atoms with Gasteiger partial charge < -0.3 is 19.7 Å². The van der Waals surface area contributed by atoms with Crippen LogP contribution in [0.4, 0.5) is 5.69 Å². The molecule has 1 aromatic heterocycles. The fourth-order valence-electron chi connectivity index (χ4n) is 4.67. The molecule has 0 spiro atoms. The van der Waals surface area contributed by atoms with Gasteiger partial charge in [0, 0.05) is 48.6 Å². The van der Waals surface area contributed by atoms with Gasteiger partial charge in [-0.1, -0.05) is 45.0 Å². The van der Waals surface area contributed by atoms with Crippen LogP contribution >= 0.6 is 11.3 Å². The van der Waals surface area contributed by atoms with Crippen LogP contribution in [-0.2, 0) is 14.9 Å². The Balaban J connectivity index is 1.56. The second-order valence-electron chi connectivity index (χ2n) is 10.8. The van der Waals surface area contributed by atoms with Crippen LogP contribution in [0.15, 0.2) is 42.5 Å². The Bertz CT molecular complexity index is 1370. The van der Waals surface area contributed by atoms with Crippen molar-refractivity contribution in [1.82, 2.24) is 9.80 Å². The standard InChI is InChI=1S/C31H39N3O5S/c1-6-34(7-2)30(37)28-24(20-26(40-28)31(3,4)5)32-29(36)27(35)23-12-13-25(22-11-9-8-10-21(22)23)39-19-16-33-14-17-38-18-15-33/h8-13,20H,6-7,14-19H2,1-5H3,(H,32,36). The summed E-state index contributed by atoms with van der Waals surface area (Å²) in [6.45, 7) is 15.6. The lowest BCUT2D eigenvalue weighted by molar-refractivity contribution is -0.112. The van der Waals surface area contributed by atoms with Gasteiger partial charge in [-0.3, -0.25) is 19.3 Å². The highest BCUT2D eigenvalue weighted by Gasteiger charge is 2.28. The maximum Gasteiger partial charge on any atom is 0.296 e. The van der Waals surface area contributed by atoms with E-state index in [0.717, 1.165) is 43.1 Å². The number of hydrogen-bond donors (Lipinski definition) is 1. The molecule has 8 nitrogen and oxygen atoms in total. The first-order chi connectivity index (χ1) is 19.1. The summed E-state index contributed by atoms with van der Waals surface area (Å²) < 4.78 is 11.5. The quantitative estimate of drug-likeness (QED) is 0.268. The number of hydrogen-bond acceptors (Lipinski definition) is 7. The molecule has 0 radical (unpaired) electrons. The first-order valence-corrected chi connectivity index (χ1v) is 14.7. The molecule has 0 aliphatic carbocycles. The third-order valence-corrected chi connectivity index (χ3v) is 8.62. The highest BCUT2D eigenvalue weighted by atomic mass is 32.1. The minimum Gasteiger partial charge on any atom is -0.492 e. The summed E-state index contributed by atoms with van der Waals surface area (Å²) in [5.41, 5.74) is 0.443. The molecule has 1 fully saturated rings. The van der Waals surface area contributed by atoms with Gasteiger partial charge in [0.15, 0.2) is 0 Å². The molecule has 1 aliphatic rings. The van der Waals surface area contributed by atoms with Crippen molar-refractivity contribution in [1.29, 1.82) is 0 Å². The van der Waals surface area contributed by atoms with Crippen LogP contribution in [0.2, 0.25) is 0 Å². The number of thiophene rings is 1. The Hall–Kier alpha value is -3.27. The van der Waals surface area contributed by atoms with Gasteiger partial charge in [0.05, 0.1) is 18.9 Å². The number of rotatable bonds is 10. The van der Waals surface area contributed by atoms with Gasteiger partial charge in [-0.15, -0.1) is 11.3 Å². The molecule has 4 rings (SSSR count). The first-order valence-electron chi connectivity index (χ1n) is 13.9. The monoisotopic (exact) mass is 565 g/mol. The van der Waals surface area contributed by atoms with E-state index < -0.39 is 11.7 Å². The lowest BCUT2D eigenvalue weighted by Gasteiger charge is -2.26. The Kier molecular flexibility index (Phi) is 9.60. The van der Waals surface area contributed by atoms with E-state index in [1.165, 1.54) is 11.3 Å². The summed E-state index contributed by atoms with van der Waals surface area (Å²) in [5.74, 6) is -0.934. The number of anilines is 1. The van der Waals surface area contributed by atoms with E-state index in [4.69, 9.17) is 9.47 Å². The van der Waals surface area contributed by atoms with Gasteiger partial charge in [-0.2, -0.15) is 0 Å². The summed E-state index contributed by atoms with van der Waals surface area (Å²) >= 11 is 1.36. The molecule has 0 atom stereocenters. The highest BCUT2D eigenvalue weighted by Crippen LogP contribution is 2.36. The molecule has 2 aromatic carbocycles. The Morgan fingerprint density at radius 1 is 1.02 bits per heavy atom. The molecule has 1 N–H and O–H groups in total. The molecule has 0 saturated carbocycles. The molecule has 1 aliphatic heterocycles. The number of fused-ring (bicyclic) bond motifs is 1. The Morgan fingerprint density at radius 3 is 2.35 bits per heavy atom. The average Bonchev–Trinajstić information content (AvgIpc) is 3.38. The van der Waals surface area contributed by atoms with Gasteiger partial charge in [0.25, 0.3) is 17.6 Å². The van der Waals surface area contributed by atoms with Crippen LogP contribution in [0, 0.1) is 0 Å². The zero-order valence-corrected chi connectivity index (χ0v) is 24.9. The van der Waals surface area contributed by atoms with E-state index in [-0.39, 0.29) is 16.9 Å². The maximum absolute atomic E-state index is 13.5. The number of morpholine rings is 1. The fraction of sp³-hybridized carbons (Fsp3) is 0.452. The van der Waals surface area contributed by atoms with E-state index in [0.29, 0.717) is 41.4 Å². The number of benzene rings is 2. The van der Waals surface area contributed by atoms with Crippen molar-refractivity contribution in [2.24, 2.45) is 0 Å². The smallest absolute Gasteiger partial charge is 0.296 e. The van der Waals surface area contributed by atoms with Gasteiger partial charge in [0.2, 0.25) is 0 Å². The number of nitrogens with zero attached hydrogens (tertiary/aromatic N) is 2. The number of nitrogens with one attached hydrogen (secondary N) is 1. The second-order valence-corrected chi connectivity index (χ2v) is 11.9. The third-order valence-electron chi connectivity index (χ3n) is 7.07. The topological polar surface area (TPSA) is 88.2 Å². The van der Waals surface area contributed by atoms with E-state index >= 15 is 0 Å². The molecule has 214 valence electrons. The van der Waals surface area contributed by atoms with E-state index in [2.05, 4.69) is 31.0 Å². The predicted molar refractivity (Wildman–Crippen MR) is 160 cm³/mol. The first kappa shape index (κ1) is 29.7. The average molecular weight is 566 g/mol. The molecule has 3 aromatic rings. The number of carbonyl (C=O) groups is 3. The molecular formula is C31H39N3O5S. The van der Waals surface area contributed by atoms with Crippen molar-refractivity contribution in [2.45, 2.75) is 40.0 Å². The zero-order chi connectivity index (χ0) is 28.9. The van der Waals surface area contributed by atoms with Gasteiger partial charge in [-0.25, -0.2) is 0 Å².